The first kappa shape index (κ1) is 23.3. The lowest BCUT2D eigenvalue weighted by Gasteiger charge is -2.32. The van der Waals surface area contributed by atoms with Crippen LogP contribution in [0.4, 0.5) is 11.5 Å². The topological polar surface area (TPSA) is 78.4 Å². The van der Waals surface area contributed by atoms with E-state index in [2.05, 4.69) is 40.0 Å². The number of hydrogen-bond acceptors (Lipinski definition) is 6. The Labute approximate surface area is 196 Å². The summed E-state index contributed by atoms with van der Waals surface area (Å²) >= 11 is 6.51. The van der Waals surface area contributed by atoms with Crippen molar-refractivity contribution in [2.45, 2.75) is 69.2 Å². The van der Waals surface area contributed by atoms with Gasteiger partial charge in [-0.25, -0.2) is 4.98 Å². The van der Waals surface area contributed by atoms with Crippen LogP contribution in [0.2, 0.25) is 5.02 Å². The summed E-state index contributed by atoms with van der Waals surface area (Å²) < 4.78 is 5.23. The van der Waals surface area contributed by atoms with E-state index in [9.17, 15) is 5.11 Å². The van der Waals surface area contributed by atoms with Crippen LogP contribution >= 0.6 is 11.6 Å². The van der Waals surface area contributed by atoms with E-state index in [1.807, 2.05) is 18.2 Å². The number of nitrogens with zero attached hydrogens (tertiary/aromatic N) is 1. The lowest BCUT2D eigenvalue weighted by Crippen LogP contribution is -2.42. The van der Waals surface area contributed by atoms with Crippen molar-refractivity contribution in [3.05, 3.63) is 41.6 Å². The molecule has 1 heterocycles. The molecular formula is C25H35ClN4O2. The van der Waals surface area contributed by atoms with Gasteiger partial charge in [0.25, 0.3) is 0 Å². The SMILES string of the molecule is COC[C@H](C)NC1CCC(Nc2cc(-c3cccc(NCC4(O)CC4)c3)c(Cl)cn2)CC1. The maximum atomic E-state index is 10.1. The van der Waals surface area contributed by atoms with Gasteiger partial charge in [0.1, 0.15) is 5.82 Å². The first-order chi connectivity index (χ1) is 15.4. The Hall–Kier alpha value is -1.86. The van der Waals surface area contributed by atoms with Crippen molar-refractivity contribution >= 4 is 23.1 Å². The molecule has 1 aromatic heterocycles. The van der Waals surface area contributed by atoms with Crippen LogP contribution in [0.25, 0.3) is 11.1 Å². The fourth-order valence-corrected chi connectivity index (χ4v) is 4.65. The van der Waals surface area contributed by atoms with Crippen molar-refractivity contribution in [2.24, 2.45) is 0 Å². The van der Waals surface area contributed by atoms with Crippen LogP contribution in [0.5, 0.6) is 0 Å². The molecule has 4 N–H and O–H groups in total. The zero-order chi connectivity index (χ0) is 22.6. The number of aromatic nitrogens is 1. The number of rotatable bonds is 10. The molecule has 1 atom stereocenters. The van der Waals surface area contributed by atoms with Gasteiger partial charge >= 0.3 is 0 Å². The summed E-state index contributed by atoms with van der Waals surface area (Å²) in [5.74, 6) is 0.860. The van der Waals surface area contributed by atoms with Crippen molar-refractivity contribution in [1.29, 1.82) is 0 Å². The van der Waals surface area contributed by atoms with Crippen molar-refractivity contribution in [2.75, 3.05) is 30.9 Å². The number of aliphatic hydroxyl groups is 1. The van der Waals surface area contributed by atoms with Gasteiger partial charge in [-0.1, -0.05) is 23.7 Å². The predicted molar refractivity (Wildman–Crippen MR) is 131 cm³/mol. The largest absolute Gasteiger partial charge is 0.388 e. The molecule has 7 heteroatoms. The number of nitrogens with one attached hydrogen (secondary N) is 3. The Kier molecular flexibility index (Phi) is 7.56. The molecule has 0 aliphatic heterocycles. The van der Waals surface area contributed by atoms with Crippen molar-refractivity contribution in [3.63, 3.8) is 0 Å². The molecule has 2 aromatic rings. The van der Waals surface area contributed by atoms with Gasteiger partial charge in [0.2, 0.25) is 0 Å². The Bertz CT molecular complexity index is 897. The fourth-order valence-electron chi connectivity index (χ4n) is 4.44. The Morgan fingerprint density at radius 2 is 1.94 bits per heavy atom. The Morgan fingerprint density at radius 3 is 2.66 bits per heavy atom. The average Bonchev–Trinajstić information content (AvgIpc) is 3.53. The van der Waals surface area contributed by atoms with E-state index >= 15 is 0 Å². The van der Waals surface area contributed by atoms with Crippen LogP contribution in [-0.4, -0.2) is 54.1 Å². The maximum Gasteiger partial charge on any atom is 0.126 e. The first-order valence-electron chi connectivity index (χ1n) is 11.7. The summed E-state index contributed by atoms with van der Waals surface area (Å²) in [6.07, 6.45) is 7.98. The smallest absolute Gasteiger partial charge is 0.126 e. The lowest BCUT2D eigenvalue weighted by atomic mass is 9.90. The summed E-state index contributed by atoms with van der Waals surface area (Å²) in [6.45, 7) is 3.49. The maximum absolute atomic E-state index is 10.1. The molecule has 0 saturated heterocycles. The second-order valence-corrected chi connectivity index (χ2v) is 9.83. The molecule has 2 saturated carbocycles. The van der Waals surface area contributed by atoms with E-state index in [4.69, 9.17) is 16.3 Å². The summed E-state index contributed by atoms with van der Waals surface area (Å²) in [5.41, 5.74) is 2.45. The number of pyridine rings is 1. The highest BCUT2D eigenvalue weighted by Crippen LogP contribution is 2.36. The number of anilines is 2. The van der Waals surface area contributed by atoms with Gasteiger partial charge in [-0.2, -0.15) is 0 Å². The number of hydrogen-bond donors (Lipinski definition) is 4. The molecule has 0 amide bonds. The van der Waals surface area contributed by atoms with Crippen molar-refractivity contribution in [3.8, 4) is 11.1 Å². The second kappa shape index (κ2) is 10.4. The van der Waals surface area contributed by atoms with Crippen LogP contribution in [0, 0.1) is 0 Å². The molecule has 0 radical (unpaired) electrons. The second-order valence-electron chi connectivity index (χ2n) is 9.42. The molecule has 32 heavy (non-hydrogen) atoms. The summed E-state index contributed by atoms with van der Waals surface area (Å²) in [5, 5.41) is 21.3. The quantitative estimate of drug-likeness (QED) is 0.414. The van der Waals surface area contributed by atoms with Gasteiger partial charge in [0.15, 0.2) is 0 Å². The van der Waals surface area contributed by atoms with Crippen molar-refractivity contribution < 1.29 is 9.84 Å². The van der Waals surface area contributed by atoms with Gasteiger partial charge in [0, 0.05) is 49.2 Å². The van der Waals surface area contributed by atoms with E-state index in [0.29, 0.717) is 29.7 Å². The van der Waals surface area contributed by atoms with E-state index < -0.39 is 5.60 Å². The molecule has 4 rings (SSSR count). The third-order valence-electron chi connectivity index (χ3n) is 6.49. The molecule has 2 aliphatic rings. The number of ether oxygens (including phenoxy) is 1. The Morgan fingerprint density at radius 1 is 1.19 bits per heavy atom. The predicted octanol–water partition coefficient (Wildman–Crippen LogP) is 4.69. The highest BCUT2D eigenvalue weighted by molar-refractivity contribution is 6.33. The number of benzene rings is 1. The molecular weight excluding hydrogens is 424 g/mol. The lowest BCUT2D eigenvalue weighted by molar-refractivity contribution is 0.161. The normalized spacial score (nSPS) is 22.9. The van der Waals surface area contributed by atoms with Crippen LogP contribution in [0.3, 0.4) is 0 Å². The molecule has 6 nitrogen and oxygen atoms in total. The van der Waals surface area contributed by atoms with E-state index in [1.54, 1.807) is 13.3 Å². The summed E-state index contributed by atoms with van der Waals surface area (Å²) in [4.78, 5) is 4.53. The first-order valence-corrected chi connectivity index (χ1v) is 12.1. The molecule has 2 fully saturated rings. The zero-order valence-corrected chi connectivity index (χ0v) is 19.8. The van der Waals surface area contributed by atoms with Crippen molar-refractivity contribution in [1.82, 2.24) is 10.3 Å². The van der Waals surface area contributed by atoms with Gasteiger partial charge < -0.3 is 25.8 Å². The molecule has 174 valence electrons. The van der Waals surface area contributed by atoms with Crippen LogP contribution in [0.1, 0.15) is 45.4 Å². The van der Waals surface area contributed by atoms with Gasteiger partial charge in [-0.3, -0.25) is 0 Å². The average molecular weight is 459 g/mol. The minimum Gasteiger partial charge on any atom is -0.388 e. The van der Waals surface area contributed by atoms with Crippen LogP contribution in [-0.2, 0) is 4.74 Å². The van der Waals surface area contributed by atoms with Crippen LogP contribution < -0.4 is 16.0 Å². The monoisotopic (exact) mass is 458 g/mol. The molecule has 0 unspecified atom stereocenters. The minimum atomic E-state index is -0.530. The standard InChI is InChI=1S/C25H35ClN4O2/c1-17(15-32-2)29-19-6-8-20(9-7-19)30-24-13-22(23(26)14-27-24)18-4-3-5-21(12-18)28-16-25(31)10-11-25/h3-5,12-14,17,19-20,28-29,31H,6-11,15-16H2,1-2H3,(H,27,30)/t17-,19?,20?/m0/s1. The van der Waals surface area contributed by atoms with Gasteiger partial charge in [0.05, 0.1) is 17.2 Å². The highest BCUT2D eigenvalue weighted by Gasteiger charge is 2.39. The third kappa shape index (κ3) is 6.35. The van der Waals surface area contributed by atoms with E-state index in [1.165, 1.54) is 0 Å². The van der Waals surface area contributed by atoms with Crippen LogP contribution in [0.15, 0.2) is 36.5 Å². The number of halogens is 1. The molecule has 0 bridgehead atoms. The molecule has 0 spiro atoms. The van der Waals surface area contributed by atoms with Gasteiger partial charge in [-0.05, 0) is 69.2 Å². The summed E-state index contributed by atoms with van der Waals surface area (Å²) in [7, 11) is 1.75. The minimum absolute atomic E-state index is 0.382. The van der Waals surface area contributed by atoms with Gasteiger partial charge in [-0.15, -0.1) is 0 Å². The Balaban J connectivity index is 1.36. The molecule has 1 aromatic carbocycles. The zero-order valence-electron chi connectivity index (χ0n) is 19.0. The fraction of sp³-hybridized carbons (Fsp3) is 0.560. The van der Waals surface area contributed by atoms with E-state index in [0.717, 1.165) is 67.8 Å². The van der Waals surface area contributed by atoms with E-state index in [-0.39, 0.29) is 0 Å². The highest BCUT2D eigenvalue weighted by atomic mass is 35.5. The number of methoxy groups -OCH3 is 1. The third-order valence-corrected chi connectivity index (χ3v) is 6.79. The molecule has 2 aliphatic carbocycles. The summed E-state index contributed by atoms with van der Waals surface area (Å²) in [6, 6.07) is 11.6.